The summed E-state index contributed by atoms with van der Waals surface area (Å²) in [4.78, 5) is 11.7. The first-order valence-corrected chi connectivity index (χ1v) is 8.52. The zero-order valence-electron chi connectivity index (χ0n) is 12.6. The van der Waals surface area contributed by atoms with Gasteiger partial charge in [0.05, 0.1) is 0 Å². The Labute approximate surface area is 138 Å². The number of ether oxygens (including phenoxy) is 1. The number of phenols is 1. The van der Waals surface area contributed by atoms with Gasteiger partial charge in [-0.3, -0.25) is 15.5 Å². The van der Waals surface area contributed by atoms with Crippen molar-refractivity contribution < 1.29 is 23.1 Å². The Kier molecular flexibility index (Phi) is 4.74. The van der Waals surface area contributed by atoms with E-state index in [1.54, 1.807) is 0 Å². The van der Waals surface area contributed by atoms with Crippen molar-refractivity contribution >= 4 is 21.7 Å². The molecule has 0 radical (unpaired) electrons. The normalized spacial score (nSPS) is 10.9. The monoisotopic (exact) mass is 349 g/mol. The molecule has 0 bridgehead atoms. The molecule has 8 nitrogen and oxygen atoms in total. The van der Waals surface area contributed by atoms with E-state index in [-0.39, 0.29) is 22.0 Å². The lowest BCUT2D eigenvalue weighted by atomic mass is 10.2. The third-order valence-electron chi connectivity index (χ3n) is 2.92. The number of rotatable bonds is 4. The van der Waals surface area contributed by atoms with E-state index in [0.717, 1.165) is 12.3 Å². The van der Waals surface area contributed by atoms with E-state index in [1.165, 1.54) is 36.4 Å². The topological polar surface area (TPSA) is 143 Å². The zero-order valence-corrected chi connectivity index (χ0v) is 13.4. The zero-order chi connectivity index (χ0) is 17.9. The lowest BCUT2D eigenvalue weighted by Gasteiger charge is -2.12. The molecule has 2 aromatic rings. The summed E-state index contributed by atoms with van der Waals surface area (Å²) in [7, 11) is -3.69. The average Bonchev–Trinajstić information content (AvgIpc) is 2.48. The van der Waals surface area contributed by atoms with Crippen LogP contribution < -0.4 is 15.8 Å². The Balaban J connectivity index is 2.43. The minimum Gasteiger partial charge on any atom is -0.508 e. The van der Waals surface area contributed by atoms with E-state index in [4.69, 9.17) is 15.9 Å². The summed E-state index contributed by atoms with van der Waals surface area (Å²) >= 11 is 0. The summed E-state index contributed by atoms with van der Waals surface area (Å²) in [6, 6.07) is 9.55. The number of phenolic OH excluding ortho intramolecular Hbond substituents is 1. The number of benzene rings is 2. The summed E-state index contributed by atoms with van der Waals surface area (Å²) in [5.41, 5.74) is 5.10. The number of nitrogens with two attached hydrogens (primary N) is 1. The predicted octanol–water partition coefficient (Wildman–Crippen LogP) is 1.21. The van der Waals surface area contributed by atoms with Gasteiger partial charge >= 0.3 is 0 Å². The first kappa shape index (κ1) is 17.3. The molecule has 0 heterocycles. The van der Waals surface area contributed by atoms with Gasteiger partial charge in [0, 0.05) is 11.8 Å². The Morgan fingerprint density at radius 3 is 2.38 bits per heavy atom. The third kappa shape index (κ3) is 4.23. The molecular weight excluding hydrogens is 334 g/mol. The van der Waals surface area contributed by atoms with E-state index < -0.39 is 21.7 Å². The van der Waals surface area contributed by atoms with E-state index >= 15 is 0 Å². The molecule has 1 amide bonds. The molecule has 24 heavy (non-hydrogen) atoms. The molecule has 0 saturated carbocycles. The van der Waals surface area contributed by atoms with Gasteiger partial charge in [0.2, 0.25) is 0 Å². The Bertz CT molecular complexity index is 892. The van der Waals surface area contributed by atoms with Crippen LogP contribution in [0.4, 0.5) is 0 Å². The number of carbonyl (C=O) groups is 1. The molecule has 0 unspecified atom stereocenters. The molecular formula is C15H15N3O5S. The van der Waals surface area contributed by atoms with Crippen molar-refractivity contribution in [2.24, 2.45) is 5.73 Å². The van der Waals surface area contributed by atoms with Crippen molar-refractivity contribution in [1.82, 2.24) is 5.32 Å². The quantitative estimate of drug-likeness (QED) is 0.483. The van der Waals surface area contributed by atoms with Crippen LogP contribution in [-0.2, 0) is 9.84 Å². The van der Waals surface area contributed by atoms with Crippen LogP contribution in [0.1, 0.15) is 10.4 Å². The van der Waals surface area contributed by atoms with E-state index in [9.17, 15) is 18.3 Å². The summed E-state index contributed by atoms with van der Waals surface area (Å²) in [6.45, 7) is 0. The number of hydrogen-bond acceptors (Lipinski definition) is 6. The van der Waals surface area contributed by atoms with Gasteiger partial charge < -0.3 is 15.6 Å². The first-order chi connectivity index (χ1) is 11.2. The predicted molar refractivity (Wildman–Crippen MR) is 87.1 cm³/mol. The molecule has 0 aliphatic heterocycles. The van der Waals surface area contributed by atoms with E-state index in [2.05, 4.69) is 5.32 Å². The lowest BCUT2D eigenvalue weighted by molar-refractivity contribution is 0.0976. The van der Waals surface area contributed by atoms with Crippen LogP contribution in [0.15, 0.2) is 47.4 Å². The van der Waals surface area contributed by atoms with E-state index in [1.807, 2.05) is 0 Å². The number of sulfone groups is 1. The van der Waals surface area contributed by atoms with Gasteiger partial charge in [0.1, 0.15) is 22.1 Å². The second-order valence-corrected chi connectivity index (χ2v) is 6.88. The van der Waals surface area contributed by atoms with Crippen molar-refractivity contribution in [3.05, 3.63) is 48.0 Å². The minimum atomic E-state index is -3.69. The average molecular weight is 349 g/mol. The third-order valence-corrected chi connectivity index (χ3v) is 4.04. The van der Waals surface area contributed by atoms with Crippen molar-refractivity contribution in [3.63, 3.8) is 0 Å². The van der Waals surface area contributed by atoms with E-state index in [0.29, 0.717) is 5.75 Å². The van der Waals surface area contributed by atoms with Crippen LogP contribution >= 0.6 is 0 Å². The maximum absolute atomic E-state index is 12.0. The Morgan fingerprint density at radius 1 is 1.21 bits per heavy atom. The van der Waals surface area contributed by atoms with Gasteiger partial charge in [-0.15, -0.1) is 0 Å². The van der Waals surface area contributed by atoms with Crippen LogP contribution in [-0.4, -0.2) is 31.6 Å². The highest BCUT2D eigenvalue weighted by Gasteiger charge is 2.19. The summed E-state index contributed by atoms with van der Waals surface area (Å²) in [5.74, 6) is -0.864. The molecule has 2 aromatic carbocycles. The SMILES string of the molecule is CS(=O)(=O)c1cc(C(=O)NC(=N)N)ccc1Oc1ccc(O)cc1. The fourth-order valence-electron chi connectivity index (χ4n) is 1.86. The molecule has 0 aliphatic rings. The summed E-state index contributed by atoms with van der Waals surface area (Å²) in [5, 5.41) is 18.4. The largest absolute Gasteiger partial charge is 0.508 e. The molecule has 0 atom stereocenters. The van der Waals surface area contributed by atoms with Crippen molar-refractivity contribution in [1.29, 1.82) is 5.41 Å². The van der Waals surface area contributed by atoms with Crippen LogP contribution in [0.2, 0.25) is 0 Å². The van der Waals surface area contributed by atoms with Gasteiger partial charge in [-0.2, -0.15) is 0 Å². The van der Waals surface area contributed by atoms with Gasteiger partial charge in [0.15, 0.2) is 15.8 Å². The van der Waals surface area contributed by atoms with Crippen molar-refractivity contribution in [2.45, 2.75) is 4.90 Å². The molecule has 126 valence electrons. The van der Waals surface area contributed by atoms with Gasteiger partial charge in [-0.1, -0.05) is 0 Å². The van der Waals surface area contributed by atoms with Crippen molar-refractivity contribution in [2.75, 3.05) is 6.26 Å². The number of aromatic hydroxyl groups is 1. The Hall–Kier alpha value is -3.07. The first-order valence-electron chi connectivity index (χ1n) is 6.63. The molecule has 9 heteroatoms. The molecule has 2 rings (SSSR count). The van der Waals surface area contributed by atoms with Crippen LogP contribution in [0.5, 0.6) is 17.2 Å². The minimum absolute atomic E-state index is 0.0173. The highest BCUT2D eigenvalue weighted by molar-refractivity contribution is 7.90. The van der Waals surface area contributed by atoms with Crippen LogP contribution in [0.25, 0.3) is 0 Å². The van der Waals surface area contributed by atoms with Gasteiger partial charge in [0.25, 0.3) is 5.91 Å². The standard InChI is InChI=1S/C15H15N3O5S/c1-24(21,22)13-8-9(14(20)18-15(16)17)2-7-12(13)23-11-5-3-10(19)4-6-11/h2-8,19H,1H3,(H4,16,17,18,20). The fraction of sp³-hybridized carbons (Fsp3) is 0.0667. The van der Waals surface area contributed by atoms with Crippen LogP contribution in [0, 0.1) is 5.41 Å². The second-order valence-electron chi connectivity index (χ2n) is 4.90. The number of hydrogen-bond donors (Lipinski definition) is 4. The van der Waals surface area contributed by atoms with Crippen molar-refractivity contribution in [3.8, 4) is 17.2 Å². The maximum atomic E-state index is 12.0. The molecule has 0 spiro atoms. The van der Waals surface area contributed by atoms with Gasteiger partial charge in [-0.25, -0.2) is 8.42 Å². The molecule has 0 fully saturated rings. The number of carbonyl (C=O) groups excluding carboxylic acids is 1. The highest BCUT2D eigenvalue weighted by atomic mass is 32.2. The smallest absolute Gasteiger partial charge is 0.257 e. The molecule has 0 aliphatic carbocycles. The number of amides is 1. The number of nitrogens with one attached hydrogen (secondary N) is 2. The second kappa shape index (κ2) is 6.59. The Morgan fingerprint density at radius 2 is 1.83 bits per heavy atom. The highest BCUT2D eigenvalue weighted by Crippen LogP contribution is 2.30. The summed E-state index contributed by atoms with van der Waals surface area (Å²) < 4.78 is 29.5. The summed E-state index contributed by atoms with van der Waals surface area (Å²) in [6.07, 6.45) is 0.985. The van der Waals surface area contributed by atoms with Crippen LogP contribution in [0.3, 0.4) is 0 Å². The maximum Gasteiger partial charge on any atom is 0.257 e. The fourth-order valence-corrected chi connectivity index (χ4v) is 2.68. The van der Waals surface area contributed by atoms with Gasteiger partial charge in [-0.05, 0) is 42.5 Å². The molecule has 0 aromatic heterocycles. The molecule has 0 saturated heterocycles. The number of guanidine groups is 1. The lowest BCUT2D eigenvalue weighted by Crippen LogP contribution is -2.35. The molecule has 5 N–H and O–H groups in total.